The van der Waals surface area contributed by atoms with Gasteiger partial charge in [0.2, 0.25) is 0 Å². The van der Waals surface area contributed by atoms with Crippen molar-refractivity contribution in [2.24, 2.45) is 0 Å². The number of hydrogen-bond acceptors (Lipinski definition) is 2. The summed E-state index contributed by atoms with van der Waals surface area (Å²) >= 11 is 0. The number of anilines is 6. The lowest BCUT2D eigenvalue weighted by Gasteiger charge is -2.45. The Morgan fingerprint density at radius 3 is 1.21 bits per heavy atom. The standard InChI is InChI=1S/C68H46N2/c1-5-22-47(23-6-1)48-24-21-31-52(44-48)69(53-40-42-57-55-32-13-15-34-59(55)67(63(57)45-53,49-25-7-2-8-26-49)50-27-9-3-10-28-50)54-41-43-58-56-33-14-16-35-60(56)68(64(58)46-54)61-36-17-19-38-65(61)70(51-29-11-4-12-30-51)66-39-20-18-37-62(66)68/h1-46H. The molecule has 328 valence electrons. The first-order chi connectivity index (χ1) is 34.7. The zero-order chi connectivity index (χ0) is 46.2. The first kappa shape index (κ1) is 40.1. The Balaban J connectivity index is 1.05. The molecule has 70 heavy (non-hydrogen) atoms. The van der Waals surface area contributed by atoms with Crippen LogP contribution in [0.5, 0.6) is 0 Å². The normalized spacial score (nSPS) is 13.9. The van der Waals surface area contributed by atoms with Crippen LogP contribution < -0.4 is 9.80 Å². The molecule has 11 aromatic carbocycles. The molecular weight excluding hydrogens is 845 g/mol. The molecule has 1 spiro atoms. The van der Waals surface area contributed by atoms with E-state index in [0.717, 1.165) is 22.7 Å². The Kier molecular flexibility index (Phi) is 9.06. The van der Waals surface area contributed by atoms with Gasteiger partial charge in [-0.25, -0.2) is 0 Å². The van der Waals surface area contributed by atoms with Crippen molar-refractivity contribution in [1.29, 1.82) is 0 Å². The van der Waals surface area contributed by atoms with Gasteiger partial charge < -0.3 is 9.80 Å². The summed E-state index contributed by atoms with van der Waals surface area (Å²) in [5.41, 5.74) is 23.2. The number of nitrogens with zero attached hydrogens (tertiary/aromatic N) is 2. The summed E-state index contributed by atoms with van der Waals surface area (Å²) in [7, 11) is 0. The van der Waals surface area contributed by atoms with Crippen LogP contribution in [0.25, 0.3) is 33.4 Å². The van der Waals surface area contributed by atoms with Crippen LogP contribution in [0.2, 0.25) is 0 Å². The third-order valence-electron chi connectivity index (χ3n) is 15.3. The molecule has 2 nitrogen and oxygen atoms in total. The monoisotopic (exact) mass is 890 g/mol. The summed E-state index contributed by atoms with van der Waals surface area (Å²) < 4.78 is 0. The van der Waals surface area contributed by atoms with Gasteiger partial charge in [0.25, 0.3) is 0 Å². The molecule has 0 bridgehead atoms. The fourth-order valence-electron chi connectivity index (χ4n) is 12.6. The molecule has 11 aromatic rings. The van der Waals surface area contributed by atoms with E-state index in [2.05, 4.69) is 289 Å². The quantitative estimate of drug-likeness (QED) is 0.157. The van der Waals surface area contributed by atoms with Crippen molar-refractivity contribution in [1.82, 2.24) is 0 Å². The highest BCUT2D eigenvalue weighted by molar-refractivity contribution is 5.97. The lowest BCUT2D eigenvalue weighted by molar-refractivity contribution is 0.752. The van der Waals surface area contributed by atoms with E-state index in [9.17, 15) is 0 Å². The second kappa shape index (κ2) is 15.8. The van der Waals surface area contributed by atoms with E-state index in [0.29, 0.717) is 0 Å². The van der Waals surface area contributed by atoms with Crippen LogP contribution in [-0.4, -0.2) is 0 Å². The fraction of sp³-hybridized carbons (Fsp3) is 0.0294. The maximum atomic E-state index is 2.51. The van der Waals surface area contributed by atoms with Crippen molar-refractivity contribution >= 4 is 34.1 Å². The third-order valence-corrected chi connectivity index (χ3v) is 15.3. The van der Waals surface area contributed by atoms with E-state index in [1.165, 1.54) is 89.3 Å². The minimum Gasteiger partial charge on any atom is -0.310 e. The molecule has 3 aliphatic rings. The van der Waals surface area contributed by atoms with E-state index in [-0.39, 0.29) is 0 Å². The van der Waals surface area contributed by atoms with Crippen LogP contribution in [0.1, 0.15) is 44.5 Å². The zero-order valence-corrected chi connectivity index (χ0v) is 38.5. The van der Waals surface area contributed by atoms with E-state index in [1.54, 1.807) is 0 Å². The summed E-state index contributed by atoms with van der Waals surface area (Å²) in [6, 6.07) is 104. The van der Waals surface area contributed by atoms with Crippen molar-refractivity contribution in [2.75, 3.05) is 9.80 Å². The average molecular weight is 891 g/mol. The fourth-order valence-corrected chi connectivity index (χ4v) is 12.6. The first-order valence-corrected chi connectivity index (χ1v) is 24.3. The highest BCUT2D eigenvalue weighted by Gasteiger charge is 2.52. The molecule has 1 heterocycles. The maximum Gasteiger partial charge on any atom is 0.0755 e. The van der Waals surface area contributed by atoms with Gasteiger partial charge in [-0.1, -0.05) is 218 Å². The molecule has 0 amide bonds. The van der Waals surface area contributed by atoms with Gasteiger partial charge in [-0.3, -0.25) is 0 Å². The van der Waals surface area contributed by atoms with E-state index in [4.69, 9.17) is 0 Å². The zero-order valence-electron chi connectivity index (χ0n) is 38.5. The van der Waals surface area contributed by atoms with Gasteiger partial charge in [-0.05, 0) is 139 Å². The van der Waals surface area contributed by atoms with Crippen molar-refractivity contribution in [3.63, 3.8) is 0 Å². The van der Waals surface area contributed by atoms with Crippen molar-refractivity contribution in [3.8, 4) is 33.4 Å². The molecule has 0 radical (unpaired) electrons. The van der Waals surface area contributed by atoms with Gasteiger partial charge in [-0.15, -0.1) is 0 Å². The van der Waals surface area contributed by atoms with Crippen LogP contribution in [-0.2, 0) is 10.8 Å². The van der Waals surface area contributed by atoms with Crippen LogP contribution in [0.4, 0.5) is 34.1 Å². The largest absolute Gasteiger partial charge is 0.310 e. The number of hydrogen-bond donors (Lipinski definition) is 0. The summed E-state index contributed by atoms with van der Waals surface area (Å²) in [6.45, 7) is 0. The highest BCUT2D eigenvalue weighted by Crippen LogP contribution is 2.64. The van der Waals surface area contributed by atoms with Gasteiger partial charge >= 0.3 is 0 Å². The Morgan fingerprint density at radius 1 is 0.257 bits per heavy atom. The Hall–Kier alpha value is -8.98. The van der Waals surface area contributed by atoms with Crippen LogP contribution >= 0.6 is 0 Å². The second-order valence-electron chi connectivity index (χ2n) is 18.7. The topological polar surface area (TPSA) is 6.48 Å². The van der Waals surface area contributed by atoms with Gasteiger partial charge in [0.05, 0.1) is 22.2 Å². The molecular formula is C68H46N2. The van der Waals surface area contributed by atoms with Crippen LogP contribution in [0.3, 0.4) is 0 Å². The van der Waals surface area contributed by atoms with Crippen LogP contribution in [0.15, 0.2) is 279 Å². The summed E-state index contributed by atoms with van der Waals surface area (Å²) in [5, 5.41) is 0. The minimum atomic E-state index is -0.604. The summed E-state index contributed by atoms with van der Waals surface area (Å²) in [6.07, 6.45) is 0. The third kappa shape index (κ3) is 5.68. The molecule has 0 fully saturated rings. The Labute approximate surface area is 409 Å². The summed E-state index contributed by atoms with van der Waals surface area (Å²) in [5.74, 6) is 0. The van der Waals surface area contributed by atoms with E-state index < -0.39 is 10.8 Å². The van der Waals surface area contributed by atoms with Crippen molar-refractivity contribution in [2.45, 2.75) is 10.8 Å². The predicted octanol–water partition coefficient (Wildman–Crippen LogP) is 17.3. The molecule has 0 saturated heterocycles. The SMILES string of the molecule is c1ccc(-c2cccc(N(c3ccc4c(c3)C(c3ccccc3)(c3ccccc3)c3ccccc3-4)c3ccc4c(c3)C3(c5ccccc5-4)c4ccccc4N(c4ccccc4)c4ccccc43)c2)cc1. The predicted molar refractivity (Wildman–Crippen MR) is 289 cm³/mol. The maximum absolute atomic E-state index is 2.51. The van der Waals surface area contributed by atoms with E-state index >= 15 is 0 Å². The molecule has 0 atom stereocenters. The van der Waals surface area contributed by atoms with E-state index in [1.807, 2.05) is 0 Å². The molecule has 2 aliphatic carbocycles. The number of para-hydroxylation sites is 3. The molecule has 2 heteroatoms. The Morgan fingerprint density at radius 2 is 0.657 bits per heavy atom. The smallest absolute Gasteiger partial charge is 0.0755 e. The Bertz CT molecular complexity index is 3700. The molecule has 0 unspecified atom stereocenters. The van der Waals surface area contributed by atoms with Gasteiger partial charge in [-0.2, -0.15) is 0 Å². The summed E-state index contributed by atoms with van der Waals surface area (Å²) in [4.78, 5) is 4.96. The molecule has 0 aromatic heterocycles. The van der Waals surface area contributed by atoms with Crippen molar-refractivity contribution in [3.05, 3.63) is 324 Å². The lowest BCUT2D eigenvalue weighted by atomic mass is 9.64. The van der Waals surface area contributed by atoms with Crippen LogP contribution in [0, 0.1) is 0 Å². The average Bonchev–Trinajstić information content (AvgIpc) is 3.90. The highest BCUT2D eigenvalue weighted by atomic mass is 15.2. The number of fused-ring (bicyclic) bond motifs is 12. The van der Waals surface area contributed by atoms with Gasteiger partial charge in [0.1, 0.15) is 0 Å². The molecule has 0 N–H and O–H groups in total. The molecule has 0 saturated carbocycles. The first-order valence-electron chi connectivity index (χ1n) is 24.3. The number of rotatable bonds is 7. The van der Waals surface area contributed by atoms with Gasteiger partial charge in [0, 0.05) is 22.7 Å². The second-order valence-corrected chi connectivity index (χ2v) is 18.7. The molecule has 1 aliphatic heterocycles. The lowest BCUT2D eigenvalue weighted by Crippen LogP contribution is -2.36. The molecule has 14 rings (SSSR count). The minimum absolute atomic E-state index is 0.550. The van der Waals surface area contributed by atoms with Gasteiger partial charge in [0.15, 0.2) is 0 Å². The van der Waals surface area contributed by atoms with Crippen molar-refractivity contribution < 1.29 is 0 Å². The number of benzene rings is 11.